The van der Waals surface area contributed by atoms with Gasteiger partial charge in [0.1, 0.15) is 5.78 Å². The topological polar surface area (TPSA) is 46.5 Å². The van der Waals surface area contributed by atoms with Crippen LogP contribution in [0.15, 0.2) is 30.3 Å². The Hall–Kier alpha value is -1.19. The molecule has 3 nitrogen and oxygen atoms in total. The van der Waals surface area contributed by atoms with E-state index >= 15 is 0 Å². The minimum absolute atomic E-state index is 0.159. The minimum atomic E-state index is 0.159. The minimum Gasteiger partial charge on any atom is -0.396 e. The highest BCUT2D eigenvalue weighted by atomic mass is 16.5. The summed E-state index contributed by atoms with van der Waals surface area (Å²) in [7, 11) is 0. The van der Waals surface area contributed by atoms with E-state index in [0.29, 0.717) is 31.8 Å². The van der Waals surface area contributed by atoms with Crippen molar-refractivity contribution in [1.82, 2.24) is 0 Å². The first-order valence-corrected chi connectivity index (χ1v) is 6.54. The van der Waals surface area contributed by atoms with Crippen LogP contribution in [0.25, 0.3) is 0 Å². The van der Waals surface area contributed by atoms with Gasteiger partial charge in [0.15, 0.2) is 0 Å². The number of hydrogen-bond donors (Lipinski definition) is 1. The summed E-state index contributed by atoms with van der Waals surface area (Å²) >= 11 is 0. The van der Waals surface area contributed by atoms with Crippen molar-refractivity contribution < 1.29 is 14.6 Å². The highest BCUT2D eigenvalue weighted by molar-refractivity contribution is 5.79. The number of hydrogen-bond acceptors (Lipinski definition) is 3. The van der Waals surface area contributed by atoms with Crippen LogP contribution in [0.2, 0.25) is 0 Å². The van der Waals surface area contributed by atoms with Crippen LogP contribution in [0, 0.1) is 11.8 Å². The van der Waals surface area contributed by atoms with Gasteiger partial charge in [-0.1, -0.05) is 30.3 Å². The smallest absolute Gasteiger partial charge is 0.133 e. The van der Waals surface area contributed by atoms with E-state index in [0.717, 1.165) is 12.0 Å². The molecule has 0 aromatic heterocycles. The zero-order chi connectivity index (χ0) is 12.8. The van der Waals surface area contributed by atoms with E-state index in [9.17, 15) is 9.90 Å². The van der Waals surface area contributed by atoms with Crippen molar-refractivity contribution in [2.75, 3.05) is 13.2 Å². The summed E-state index contributed by atoms with van der Waals surface area (Å²) in [6.07, 6.45) is 1.97. The fourth-order valence-corrected chi connectivity index (χ4v) is 2.48. The largest absolute Gasteiger partial charge is 0.396 e. The number of ether oxygens (including phenoxy) is 1. The van der Waals surface area contributed by atoms with E-state index in [1.54, 1.807) is 0 Å². The summed E-state index contributed by atoms with van der Waals surface area (Å²) in [6, 6.07) is 9.99. The van der Waals surface area contributed by atoms with Crippen LogP contribution in [0.5, 0.6) is 0 Å². The van der Waals surface area contributed by atoms with Crippen molar-refractivity contribution in [2.24, 2.45) is 11.8 Å². The second-order valence-electron chi connectivity index (χ2n) is 4.98. The maximum absolute atomic E-state index is 11.4. The molecule has 0 spiro atoms. The monoisotopic (exact) mass is 248 g/mol. The van der Waals surface area contributed by atoms with Crippen LogP contribution in [-0.2, 0) is 16.1 Å². The lowest BCUT2D eigenvalue weighted by Gasteiger charge is -2.29. The number of carbonyl (C=O) groups excluding carboxylic acids is 1. The molecule has 1 saturated carbocycles. The molecule has 1 aromatic carbocycles. The first kappa shape index (κ1) is 13.2. The van der Waals surface area contributed by atoms with Gasteiger partial charge in [-0.2, -0.15) is 0 Å². The molecule has 0 unspecified atom stereocenters. The lowest BCUT2D eigenvalue weighted by molar-refractivity contribution is -0.124. The molecule has 0 radical (unpaired) electrons. The summed E-state index contributed by atoms with van der Waals surface area (Å²) in [5.41, 5.74) is 1.14. The fourth-order valence-electron chi connectivity index (χ4n) is 2.48. The van der Waals surface area contributed by atoms with Gasteiger partial charge < -0.3 is 9.84 Å². The number of Topliss-reactive ketones (excluding diaryl/α,β-unsaturated/α-hetero) is 1. The lowest BCUT2D eigenvalue weighted by Crippen LogP contribution is -2.30. The van der Waals surface area contributed by atoms with Crippen molar-refractivity contribution in [1.29, 1.82) is 0 Å². The summed E-state index contributed by atoms with van der Waals surface area (Å²) in [6.45, 7) is 1.29. The molecule has 0 aliphatic heterocycles. The third-order valence-corrected chi connectivity index (χ3v) is 3.63. The summed E-state index contributed by atoms with van der Waals surface area (Å²) in [4.78, 5) is 11.4. The van der Waals surface area contributed by atoms with E-state index in [2.05, 4.69) is 0 Å². The van der Waals surface area contributed by atoms with Crippen molar-refractivity contribution in [3.63, 3.8) is 0 Å². The van der Waals surface area contributed by atoms with Crippen molar-refractivity contribution >= 4 is 5.78 Å². The molecule has 2 atom stereocenters. The molecule has 2 rings (SSSR count). The number of aliphatic hydroxyl groups is 1. The van der Waals surface area contributed by atoms with Gasteiger partial charge in [0, 0.05) is 19.4 Å². The van der Waals surface area contributed by atoms with Crippen molar-refractivity contribution in [3.05, 3.63) is 35.9 Å². The average molecular weight is 248 g/mol. The van der Waals surface area contributed by atoms with Crippen LogP contribution in [0.1, 0.15) is 24.8 Å². The molecule has 1 aliphatic carbocycles. The molecule has 0 bridgehead atoms. The number of aliphatic hydroxyl groups excluding tert-OH is 1. The molecule has 98 valence electrons. The van der Waals surface area contributed by atoms with Gasteiger partial charge in [-0.15, -0.1) is 0 Å². The van der Waals surface area contributed by atoms with Gasteiger partial charge in [0.2, 0.25) is 0 Å². The van der Waals surface area contributed by atoms with E-state index in [-0.39, 0.29) is 18.4 Å². The standard InChI is InChI=1S/C15H20O3/c16-9-13-6-7-15(17)8-14(13)11-18-10-12-4-2-1-3-5-12/h1-5,13-14,16H,6-11H2/t13-,14-/m0/s1. The number of ketones is 1. The number of carbonyl (C=O) groups is 1. The van der Waals surface area contributed by atoms with Crippen LogP contribution >= 0.6 is 0 Å². The van der Waals surface area contributed by atoms with Gasteiger partial charge in [-0.25, -0.2) is 0 Å². The zero-order valence-electron chi connectivity index (χ0n) is 10.5. The van der Waals surface area contributed by atoms with Gasteiger partial charge in [0.05, 0.1) is 13.2 Å². The van der Waals surface area contributed by atoms with E-state index in [4.69, 9.17) is 4.74 Å². The molecule has 1 aromatic rings. The van der Waals surface area contributed by atoms with E-state index in [1.165, 1.54) is 0 Å². The zero-order valence-corrected chi connectivity index (χ0v) is 10.5. The normalized spacial score (nSPS) is 24.2. The fraction of sp³-hybridized carbons (Fsp3) is 0.533. The van der Waals surface area contributed by atoms with Gasteiger partial charge in [-0.3, -0.25) is 4.79 Å². The third kappa shape index (κ3) is 3.65. The van der Waals surface area contributed by atoms with Crippen LogP contribution < -0.4 is 0 Å². The Balaban J connectivity index is 1.79. The quantitative estimate of drug-likeness (QED) is 0.868. The Morgan fingerprint density at radius 1 is 1.22 bits per heavy atom. The summed E-state index contributed by atoms with van der Waals surface area (Å²) < 4.78 is 5.68. The van der Waals surface area contributed by atoms with Crippen molar-refractivity contribution in [3.8, 4) is 0 Å². The van der Waals surface area contributed by atoms with Crippen LogP contribution in [-0.4, -0.2) is 24.1 Å². The van der Waals surface area contributed by atoms with Crippen LogP contribution in [0.4, 0.5) is 0 Å². The average Bonchev–Trinajstić information content (AvgIpc) is 2.40. The Labute approximate surface area is 108 Å². The SMILES string of the molecule is O=C1CC[C@@H](CO)[C@H](COCc2ccccc2)C1. The predicted molar refractivity (Wildman–Crippen MR) is 69.0 cm³/mol. The molecule has 0 heterocycles. The second kappa shape index (κ2) is 6.66. The summed E-state index contributed by atoms with van der Waals surface area (Å²) in [5, 5.41) is 9.30. The first-order chi connectivity index (χ1) is 8.79. The second-order valence-corrected chi connectivity index (χ2v) is 4.98. The first-order valence-electron chi connectivity index (χ1n) is 6.54. The van der Waals surface area contributed by atoms with Crippen molar-refractivity contribution in [2.45, 2.75) is 25.9 Å². The Bertz CT molecular complexity index is 375. The van der Waals surface area contributed by atoms with Gasteiger partial charge in [0.25, 0.3) is 0 Å². The van der Waals surface area contributed by atoms with Crippen LogP contribution in [0.3, 0.4) is 0 Å². The molecule has 1 aliphatic rings. The van der Waals surface area contributed by atoms with Gasteiger partial charge >= 0.3 is 0 Å². The maximum atomic E-state index is 11.4. The molecule has 1 N–H and O–H groups in total. The maximum Gasteiger partial charge on any atom is 0.133 e. The molecule has 0 amide bonds. The Morgan fingerprint density at radius 2 is 2.00 bits per heavy atom. The molecule has 0 saturated heterocycles. The Morgan fingerprint density at radius 3 is 2.72 bits per heavy atom. The molecule has 1 fully saturated rings. The molecule has 3 heteroatoms. The summed E-state index contributed by atoms with van der Waals surface area (Å²) in [5.74, 6) is 0.700. The highest BCUT2D eigenvalue weighted by Crippen LogP contribution is 2.28. The third-order valence-electron chi connectivity index (χ3n) is 3.63. The highest BCUT2D eigenvalue weighted by Gasteiger charge is 2.28. The molecular weight excluding hydrogens is 228 g/mol. The molecule has 18 heavy (non-hydrogen) atoms. The Kier molecular flexibility index (Phi) is 4.90. The number of rotatable bonds is 5. The van der Waals surface area contributed by atoms with Gasteiger partial charge in [-0.05, 0) is 23.8 Å². The molecular formula is C15H20O3. The van der Waals surface area contributed by atoms with E-state index in [1.807, 2.05) is 30.3 Å². The number of benzene rings is 1. The predicted octanol–water partition coefficient (Wildman–Crippen LogP) is 2.18. The van der Waals surface area contributed by atoms with E-state index < -0.39 is 0 Å². The lowest BCUT2D eigenvalue weighted by atomic mass is 9.79.